The van der Waals surface area contributed by atoms with E-state index < -0.39 is 0 Å². The van der Waals surface area contributed by atoms with E-state index in [9.17, 15) is 0 Å². The monoisotopic (exact) mass is 229 g/mol. The highest BCUT2D eigenvalue weighted by Gasteiger charge is 2.24. The van der Waals surface area contributed by atoms with Crippen LogP contribution in [-0.2, 0) is 6.54 Å². The van der Waals surface area contributed by atoms with Crippen molar-refractivity contribution in [1.29, 1.82) is 0 Å². The number of aromatic nitrogens is 4. The Bertz CT molecular complexity index is 542. The van der Waals surface area contributed by atoms with Crippen molar-refractivity contribution in [3.8, 4) is 11.4 Å². The third kappa shape index (κ3) is 2.00. The summed E-state index contributed by atoms with van der Waals surface area (Å²) in [6, 6.07) is 5.91. The number of nitrogens with zero attached hydrogens (tertiary/aromatic N) is 4. The zero-order valence-electron chi connectivity index (χ0n) is 9.80. The first-order valence-corrected chi connectivity index (χ1v) is 5.86. The Kier molecular flexibility index (Phi) is 2.31. The van der Waals surface area contributed by atoms with Crippen molar-refractivity contribution in [3.05, 3.63) is 23.8 Å². The largest absolute Gasteiger partial charge is 0.399 e. The highest BCUT2D eigenvalue weighted by atomic mass is 15.5. The van der Waals surface area contributed by atoms with Crippen molar-refractivity contribution in [3.63, 3.8) is 0 Å². The van der Waals surface area contributed by atoms with Gasteiger partial charge in [0.1, 0.15) is 0 Å². The van der Waals surface area contributed by atoms with E-state index in [-0.39, 0.29) is 0 Å². The lowest BCUT2D eigenvalue weighted by Crippen LogP contribution is -2.04. The van der Waals surface area contributed by atoms with Gasteiger partial charge in [-0.05, 0) is 59.9 Å². The molecule has 5 nitrogen and oxygen atoms in total. The summed E-state index contributed by atoms with van der Waals surface area (Å²) in [6.07, 6.45) is 2.58. The minimum atomic E-state index is 0.757. The molecule has 0 aliphatic heterocycles. The number of hydrogen-bond acceptors (Lipinski definition) is 4. The quantitative estimate of drug-likeness (QED) is 0.812. The van der Waals surface area contributed by atoms with Crippen LogP contribution in [0.4, 0.5) is 5.69 Å². The van der Waals surface area contributed by atoms with Crippen LogP contribution in [-0.4, -0.2) is 20.2 Å². The number of hydrogen-bond donors (Lipinski definition) is 1. The smallest absolute Gasteiger partial charge is 0.182 e. The fraction of sp³-hybridized carbons (Fsp3) is 0.417. The molecule has 1 aromatic carbocycles. The number of aryl methyl sites for hydroxylation is 1. The maximum Gasteiger partial charge on any atom is 0.182 e. The molecule has 1 aromatic heterocycles. The zero-order valence-corrected chi connectivity index (χ0v) is 9.80. The first kappa shape index (κ1) is 10.3. The lowest BCUT2D eigenvalue weighted by atomic mass is 10.1. The van der Waals surface area contributed by atoms with Gasteiger partial charge in [-0.25, -0.2) is 4.68 Å². The normalized spacial score (nSPS) is 15.1. The van der Waals surface area contributed by atoms with E-state index in [0.29, 0.717) is 0 Å². The zero-order chi connectivity index (χ0) is 11.8. The molecule has 0 radical (unpaired) electrons. The number of nitrogens with two attached hydrogens (primary N) is 1. The summed E-state index contributed by atoms with van der Waals surface area (Å²) in [7, 11) is 0. The van der Waals surface area contributed by atoms with Gasteiger partial charge in [0.2, 0.25) is 0 Å². The van der Waals surface area contributed by atoms with Crippen LogP contribution in [0.3, 0.4) is 0 Å². The molecule has 0 bridgehead atoms. The van der Waals surface area contributed by atoms with Gasteiger partial charge >= 0.3 is 0 Å². The number of anilines is 1. The van der Waals surface area contributed by atoms with Crippen molar-refractivity contribution in [2.45, 2.75) is 26.3 Å². The van der Waals surface area contributed by atoms with E-state index in [0.717, 1.165) is 35.1 Å². The molecule has 2 N–H and O–H groups in total. The van der Waals surface area contributed by atoms with Crippen molar-refractivity contribution >= 4 is 5.69 Å². The SMILES string of the molecule is Cc1cc(-c2nnnn2CC2CC2)ccc1N. The summed E-state index contributed by atoms with van der Waals surface area (Å²) >= 11 is 0. The van der Waals surface area contributed by atoms with Gasteiger partial charge < -0.3 is 5.73 Å². The summed E-state index contributed by atoms with van der Waals surface area (Å²) in [5.41, 5.74) is 8.70. The second-order valence-electron chi connectivity index (χ2n) is 4.70. The predicted octanol–water partition coefficient (Wildman–Crippen LogP) is 1.64. The van der Waals surface area contributed by atoms with Crippen molar-refractivity contribution in [1.82, 2.24) is 20.2 Å². The van der Waals surface area contributed by atoms with Crippen molar-refractivity contribution in [2.24, 2.45) is 5.92 Å². The fourth-order valence-electron chi connectivity index (χ4n) is 1.89. The second kappa shape index (κ2) is 3.84. The maximum absolute atomic E-state index is 5.81. The molecule has 5 heteroatoms. The Balaban J connectivity index is 1.96. The topological polar surface area (TPSA) is 69.6 Å². The van der Waals surface area contributed by atoms with Crippen LogP contribution in [0, 0.1) is 12.8 Å². The summed E-state index contributed by atoms with van der Waals surface area (Å²) < 4.78 is 1.89. The highest BCUT2D eigenvalue weighted by molar-refractivity contribution is 5.61. The van der Waals surface area contributed by atoms with Gasteiger partial charge in [0.15, 0.2) is 5.82 Å². The molecule has 1 fully saturated rings. The Morgan fingerprint density at radius 2 is 2.24 bits per heavy atom. The number of nitrogen functional groups attached to an aromatic ring is 1. The highest BCUT2D eigenvalue weighted by Crippen LogP contribution is 2.31. The molecule has 0 saturated heterocycles. The van der Waals surface area contributed by atoms with Crippen LogP contribution in [0.2, 0.25) is 0 Å². The standard InChI is InChI=1S/C12H15N5/c1-8-6-10(4-5-11(8)13)12-14-15-16-17(12)7-9-2-3-9/h4-6,9H,2-3,7,13H2,1H3. The van der Waals surface area contributed by atoms with Crippen LogP contribution in [0.5, 0.6) is 0 Å². The van der Waals surface area contributed by atoms with Gasteiger partial charge in [-0.15, -0.1) is 5.10 Å². The third-order valence-electron chi connectivity index (χ3n) is 3.19. The fourth-order valence-corrected chi connectivity index (χ4v) is 1.89. The lowest BCUT2D eigenvalue weighted by Gasteiger charge is -2.05. The van der Waals surface area contributed by atoms with E-state index in [1.807, 2.05) is 29.8 Å². The summed E-state index contributed by atoms with van der Waals surface area (Å²) in [6.45, 7) is 2.92. The van der Waals surface area contributed by atoms with Gasteiger partial charge in [-0.2, -0.15) is 0 Å². The van der Waals surface area contributed by atoms with Gasteiger partial charge in [0.25, 0.3) is 0 Å². The Morgan fingerprint density at radius 1 is 1.41 bits per heavy atom. The molecule has 0 amide bonds. The van der Waals surface area contributed by atoms with Crippen molar-refractivity contribution < 1.29 is 0 Å². The second-order valence-corrected chi connectivity index (χ2v) is 4.70. The molecule has 1 saturated carbocycles. The molecule has 0 spiro atoms. The molecule has 88 valence electrons. The summed E-state index contributed by atoms with van der Waals surface area (Å²) in [5.74, 6) is 1.59. The van der Waals surface area contributed by atoms with Crippen LogP contribution < -0.4 is 5.73 Å². The Labute approximate surface area is 99.6 Å². The lowest BCUT2D eigenvalue weighted by molar-refractivity contribution is 0.548. The summed E-state index contributed by atoms with van der Waals surface area (Å²) in [4.78, 5) is 0. The van der Waals surface area contributed by atoms with E-state index in [2.05, 4.69) is 15.5 Å². The van der Waals surface area contributed by atoms with Gasteiger partial charge in [-0.1, -0.05) is 0 Å². The average Bonchev–Trinajstić information content (AvgIpc) is 3.00. The first-order chi connectivity index (χ1) is 8.24. The molecule has 2 aromatic rings. The molecular formula is C12H15N5. The number of rotatable bonds is 3. The van der Waals surface area contributed by atoms with Gasteiger partial charge in [0.05, 0.1) is 0 Å². The molecule has 1 aliphatic carbocycles. The van der Waals surface area contributed by atoms with Crippen LogP contribution in [0.15, 0.2) is 18.2 Å². The van der Waals surface area contributed by atoms with E-state index in [4.69, 9.17) is 5.73 Å². The minimum absolute atomic E-state index is 0.757. The molecular weight excluding hydrogens is 214 g/mol. The molecule has 1 aliphatic rings. The predicted molar refractivity (Wildman–Crippen MR) is 65.1 cm³/mol. The molecule has 0 unspecified atom stereocenters. The number of tetrazole rings is 1. The van der Waals surface area contributed by atoms with Crippen LogP contribution >= 0.6 is 0 Å². The molecule has 0 atom stereocenters. The van der Waals surface area contributed by atoms with E-state index >= 15 is 0 Å². The molecule has 3 rings (SSSR count). The first-order valence-electron chi connectivity index (χ1n) is 5.86. The van der Waals surface area contributed by atoms with Gasteiger partial charge in [-0.3, -0.25) is 0 Å². The Hall–Kier alpha value is -1.91. The summed E-state index contributed by atoms with van der Waals surface area (Å²) in [5, 5.41) is 11.9. The van der Waals surface area contributed by atoms with Gasteiger partial charge in [0, 0.05) is 17.8 Å². The van der Waals surface area contributed by atoms with Crippen molar-refractivity contribution in [2.75, 3.05) is 5.73 Å². The van der Waals surface area contributed by atoms with Crippen LogP contribution in [0.25, 0.3) is 11.4 Å². The number of benzene rings is 1. The minimum Gasteiger partial charge on any atom is -0.399 e. The Morgan fingerprint density at radius 3 is 2.94 bits per heavy atom. The average molecular weight is 229 g/mol. The third-order valence-corrected chi connectivity index (χ3v) is 3.19. The van der Waals surface area contributed by atoms with Crippen LogP contribution in [0.1, 0.15) is 18.4 Å². The molecule has 1 heterocycles. The van der Waals surface area contributed by atoms with E-state index in [1.165, 1.54) is 12.8 Å². The van der Waals surface area contributed by atoms with E-state index in [1.54, 1.807) is 0 Å². The molecule has 17 heavy (non-hydrogen) atoms. The maximum atomic E-state index is 5.81.